The van der Waals surface area contributed by atoms with Gasteiger partial charge in [0.1, 0.15) is 5.57 Å². The number of ether oxygens (including phenoxy) is 1. The Labute approximate surface area is 76.7 Å². The van der Waals surface area contributed by atoms with Crippen LogP contribution >= 0.6 is 0 Å². The number of carbonyl (C=O) groups is 1. The van der Waals surface area contributed by atoms with Gasteiger partial charge in [-0.3, -0.25) is 0 Å². The van der Waals surface area contributed by atoms with E-state index in [-0.39, 0.29) is 23.8 Å². The Bertz CT molecular complexity index is 254. The van der Waals surface area contributed by atoms with Crippen LogP contribution in [0.2, 0.25) is 0 Å². The topological polar surface area (TPSA) is 70.4 Å². The predicted molar refractivity (Wildman–Crippen MR) is 47.8 cm³/mol. The van der Waals surface area contributed by atoms with E-state index in [1.165, 1.54) is 0 Å². The summed E-state index contributed by atoms with van der Waals surface area (Å²) in [5.74, 6) is -0.468. The number of esters is 1. The molecule has 0 saturated heterocycles. The number of aliphatic hydroxyl groups excluding tert-OH is 1. The van der Waals surface area contributed by atoms with Gasteiger partial charge in [-0.15, -0.1) is 0 Å². The highest BCUT2D eigenvalue weighted by molar-refractivity contribution is 6.19. The fourth-order valence-corrected chi connectivity index (χ4v) is 1.03. The molecule has 2 N–H and O–H groups in total. The summed E-state index contributed by atoms with van der Waals surface area (Å²) in [7, 11) is 0. The van der Waals surface area contributed by atoms with Crippen molar-refractivity contribution in [3.05, 3.63) is 11.8 Å². The van der Waals surface area contributed by atoms with Crippen molar-refractivity contribution < 1.29 is 14.6 Å². The van der Waals surface area contributed by atoms with Gasteiger partial charge in [-0.2, -0.15) is 0 Å². The molecule has 1 saturated carbocycles. The van der Waals surface area contributed by atoms with Crippen LogP contribution in [0.15, 0.2) is 11.8 Å². The lowest BCUT2D eigenvalue weighted by Gasteiger charge is -2.05. The third-order valence-corrected chi connectivity index (χ3v) is 1.90. The van der Waals surface area contributed by atoms with E-state index in [0.717, 1.165) is 12.8 Å². The first kappa shape index (κ1) is 9.77. The van der Waals surface area contributed by atoms with Crippen LogP contribution in [-0.2, 0) is 9.53 Å². The Kier molecular flexibility index (Phi) is 3.06. The smallest absolute Gasteiger partial charge is 0.343 e. The summed E-state index contributed by atoms with van der Waals surface area (Å²) in [5, 5.41) is 16.3. The van der Waals surface area contributed by atoms with Crippen LogP contribution in [0.25, 0.3) is 0 Å². The number of carbonyl (C=O) groups excluding carboxylic acids is 1. The standard InChI is InChI=1S/C9H13NO3/c1-2-13-9(12)7(5-11)8(10)6-3-4-6/h5-6,10-11H,2-4H2,1H3. The average Bonchev–Trinajstić information content (AvgIpc) is 2.88. The highest BCUT2D eigenvalue weighted by atomic mass is 16.5. The molecular weight excluding hydrogens is 170 g/mol. The second kappa shape index (κ2) is 4.07. The largest absolute Gasteiger partial charge is 0.515 e. The van der Waals surface area contributed by atoms with Gasteiger partial charge in [0.05, 0.1) is 18.6 Å². The molecule has 0 heterocycles. The third-order valence-electron chi connectivity index (χ3n) is 1.90. The zero-order valence-corrected chi connectivity index (χ0v) is 7.54. The van der Waals surface area contributed by atoms with Gasteiger partial charge in [-0.1, -0.05) is 0 Å². The predicted octanol–water partition coefficient (Wildman–Crippen LogP) is 1.42. The van der Waals surface area contributed by atoms with E-state index in [1.54, 1.807) is 6.92 Å². The molecule has 72 valence electrons. The maximum Gasteiger partial charge on any atom is 0.343 e. The molecule has 0 aromatic heterocycles. The van der Waals surface area contributed by atoms with E-state index in [9.17, 15) is 4.79 Å². The fraction of sp³-hybridized carbons (Fsp3) is 0.556. The molecule has 0 aliphatic heterocycles. The average molecular weight is 183 g/mol. The van der Waals surface area contributed by atoms with Crippen molar-refractivity contribution >= 4 is 11.7 Å². The maximum absolute atomic E-state index is 11.2. The van der Waals surface area contributed by atoms with Gasteiger partial charge in [0.15, 0.2) is 0 Å². The van der Waals surface area contributed by atoms with Gasteiger partial charge in [0, 0.05) is 5.92 Å². The zero-order chi connectivity index (χ0) is 9.84. The van der Waals surface area contributed by atoms with Crippen LogP contribution in [-0.4, -0.2) is 23.4 Å². The lowest BCUT2D eigenvalue weighted by molar-refractivity contribution is -0.138. The van der Waals surface area contributed by atoms with Crippen molar-refractivity contribution in [2.24, 2.45) is 5.92 Å². The second-order valence-corrected chi connectivity index (χ2v) is 2.95. The summed E-state index contributed by atoms with van der Waals surface area (Å²) >= 11 is 0. The SMILES string of the molecule is CCOC(=O)C(=CO)C(=N)C1CC1. The van der Waals surface area contributed by atoms with Gasteiger partial charge >= 0.3 is 5.97 Å². The van der Waals surface area contributed by atoms with E-state index in [0.29, 0.717) is 6.26 Å². The first-order valence-electron chi connectivity index (χ1n) is 4.31. The normalized spacial score (nSPS) is 16.8. The van der Waals surface area contributed by atoms with Gasteiger partial charge in [-0.05, 0) is 19.8 Å². The molecule has 0 aromatic carbocycles. The molecule has 4 heteroatoms. The summed E-state index contributed by atoms with van der Waals surface area (Å²) in [6.45, 7) is 1.95. The highest BCUT2D eigenvalue weighted by Crippen LogP contribution is 2.32. The van der Waals surface area contributed by atoms with Crippen molar-refractivity contribution in [3.8, 4) is 0 Å². The van der Waals surface area contributed by atoms with Gasteiger partial charge < -0.3 is 15.3 Å². The summed E-state index contributed by atoms with van der Waals surface area (Å²) in [5.41, 5.74) is 0.185. The first-order chi connectivity index (χ1) is 6.20. The van der Waals surface area contributed by atoms with Gasteiger partial charge in [0.25, 0.3) is 0 Å². The van der Waals surface area contributed by atoms with Crippen LogP contribution in [0.3, 0.4) is 0 Å². The van der Waals surface area contributed by atoms with Gasteiger partial charge in [-0.25, -0.2) is 4.79 Å². The van der Waals surface area contributed by atoms with Crippen LogP contribution in [0.5, 0.6) is 0 Å². The van der Waals surface area contributed by atoms with Gasteiger partial charge in [0.2, 0.25) is 0 Å². The Morgan fingerprint density at radius 2 is 2.31 bits per heavy atom. The number of hydrogen-bond donors (Lipinski definition) is 2. The van der Waals surface area contributed by atoms with E-state index in [2.05, 4.69) is 4.74 Å². The summed E-state index contributed by atoms with van der Waals surface area (Å²) in [6, 6.07) is 0. The Hall–Kier alpha value is -1.32. The number of rotatable bonds is 4. The monoisotopic (exact) mass is 183 g/mol. The summed E-state index contributed by atoms with van der Waals surface area (Å²) in [6.07, 6.45) is 2.52. The molecule has 0 unspecified atom stereocenters. The minimum atomic E-state index is -0.609. The van der Waals surface area contributed by atoms with E-state index >= 15 is 0 Å². The number of nitrogens with one attached hydrogen (secondary N) is 1. The van der Waals surface area contributed by atoms with Crippen LogP contribution in [0, 0.1) is 11.3 Å². The molecule has 0 aromatic rings. The van der Waals surface area contributed by atoms with E-state index in [4.69, 9.17) is 10.5 Å². The molecule has 13 heavy (non-hydrogen) atoms. The minimum Gasteiger partial charge on any atom is -0.515 e. The van der Waals surface area contributed by atoms with E-state index < -0.39 is 5.97 Å². The van der Waals surface area contributed by atoms with Crippen molar-refractivity contribution in [2.75, 3.05) is 6.61 Å². The number of hydrogen-bond acceptors (Lipinski definition) is 4. The Morgan fingerprint density at radius 3 is 2.69 bits per heavy atom. The Morgan fingerprint density at radius 1 is 1.69 bits per heavy atom. The lowest BCUT2D eigenvalue weighted by Crippen LogP contribution is -2.16. The van der Waals surface area contributed by atoms with E-state index in [1.807, 2.05) is 0 Å². The van der Waals surface area contributed by atoms with Crippen LogP contribution in [0.1, 0.15) is 19.8 Å². The quantitative estimate of drug-likeness (QED) is 0.299. The Balaban J connectivity index is 2.61. The zero-order valence-electron chi connectivity index (χ0n) is 7.54. The molecule has 1 fully saturated rings. The minimum absolute atomic E-state index is 0.00986. The maximum atomic E-state index is 11.2. The molecule has 0 bridgehead atoms. The molecule has 0 atom stereocenters. The molecular formula is C9H13NO3. The van der Waals surface area contributed by atoms with Crippen molar-refractivity contribution in [2.45, 2.75) is 19.8 Å². The molecule has 0 spiro atoms. The van der Waals surface area contributed by atoms with Crippen molar-refractivity contribution in [1.82, 2.24) is 0 Å². The molecule has 1 aliphatic carbocycles. The summed E-state index contributed by atoms with van der Waals surface area (Å²) in [4.78, 5) is 11.2. The molecule has 0 amide bonds. The lowest BCUT2D eigenvalue weighted by atomic mass is 10.1. The molecule has 4 nitrogen and oxygen atoms in total. The van der Waals surface area contributed by atoms with Crippen LogP contribution in [0.4, 0.5) is 0 Å². The van der Waals surface area contributed by atoms with Crippen molar-refractivity contribution in [3.63, 3.8) is 0 Å². The van der Waals surface area contributed by atoms with Crippen LogP contribution < -0.4 is 0 Å². The second-order valence-electron chi connectivity index (χ2n) is 2.95. The third kappa shape index (κ3) is 2.31. The van der Waals surface area contributed by atoms with Crippen molar-refractivity contribution in [1.29, 1.82) is 5.41 Å². The summed E-state index contributed by atoms with van der Waals surface area (Å²) < 4.78 is 4.69. The molecule has 0 radical (unpaired) electrons. The molecule has 1 aliphatic rings. The number of aliphatic hydroxyl groups is 1. The fourth-order valence-electron chi connectivity index (χ4n) is 1.03. The highest BCUT2D eigenvalue weighted by Gasteiger charge is 2.31. The molecule has 1 rings (SSSR count). The first-order valence-corrected chi connectivity index (χ1v) is 4.31.